The van der Waals surface area contributed by atoms with E-state index in [9.17, 15) is 0 Å². The van der Waals surface area contributed by atoms with Crippen molar-refractivity contribution in [2.24, 2.45) is 5.10 Å². The van der Waals surface area contributed by atoms with Crippen LogP contribution in [0.25, 0.3) is 0 Å². The largest absolute Gasteiger partial charge is 0.253 e. The van der Waals surface area contributed by atoms with E-state index in [1.54, 1.807) is 11.3 Å². The van der Waals surface area contributed by atoms with Gasteiger partial charge in [-0.15, -0.1) is 23.1 Å². The van der Waals surface area contributed by atoms with Crippen LogP contribution in [0.15, 0.2) is 39.6 Å². The third-order valence-electron chi connectivity index (χ3n) is 2.30. The lowest BCUT2D eigenvalue weighted by Gasteiger charge is -2.17. The lowest BCUT2D eigenvalue weighted by molar-refractivity contribution is 0.803. The van der Waals surface area contributed by atoms with Crippen molar-refractivity contribution >= 4 is 34.4 Å². The maximum Gasteiger partial charge on any atom is 0.203 e. The first-order valence-electron chi connectivity index (χ1n) is 6.43. The number of benzene rings is 1. The van der Waals surface area contributed by atoms with Crippen molar-refractivity contribution in [3.05, 3.63) is 40.9 Å². The van der Waals surface area contributed by atoms with Gasteiger partial charge in [-0.05, 0) is 24.6 Å². The summed E-state index contributed by atoms with van der Waals surface area (Å²) >= 11 is 3.42. The SMILES string of the molecule is Cc1csc(NN=Cc2ccc(SC(C)(C)C)cc2)n1. The second-order valence-electron chi connectivity index (χ2n) is 5.45. The van der Waals surface area contributed by atoms with Gasteiger partial charge in [0.2, 0.25) is 5.13 Å². The van der Waals surface area contributed by atoms with E-state index in [0.29, 0.717) is 0 Å². The van der Waals surface area contributed by atoms with Crippen molar-refractivity contribution in [2.45, 2.75) is 37.3 Å². The van der Waals surface area contributed by atoms with Gasteiger partial charge in [0, 0.05) is 15.0 Å². The van der Waals surface area contributed by atoms with Crippen LogP contribution in [-0.2, 0) is 0 Å². The van der Waals surface area contributed by atoms with Crippen LogP contribution in [0, 0.1) is 6.92 Å². The van der Waals surface area contributed by atoms with Crippen molar-refractivity contribution in [3.8, 4) is 0 Å². The molecular weight excluding hydrogens is 286 g/mol. The van der Waals surface area contributed by atoms with E-state index in [-0.39, 0.29) is 4.75 Å². The Labute approximate surface area is 128 Å². The highest BCUT2D eigenvalue weighted by Gasteiger charge is 2.11. The molecule has 5 heteroatoms. The van der Waals surface area contributed by atoms with Crippen LogP contribution in [0.4, 0.5) is 5.13 Å². The molecule has 20 heavy (non-hydrogen) atoms. The maximum absolute atomic E-state index is 4.29. The van der Waals surface area contributed by atoms with E-state index in [0.717, 1.165) is 16.4 Å². The van der Waals surface area contributed by atoms with Crippen molar-refractivity contribution in [1.29, 1.82) is 0 Å². The molecule has 1 aromatic carbocycles. The summed E-state index contributed by atoms with van der Waals surface area (Å²) in [5, 5.41) is 7.01. The van der Waals surface area contributed by atoms with E-state index in [4.69, 9.17) is 0 Å². The van der Waals surface area contributed by atoms with E-state index in [1.807, 2.05) is 30.3 Å². The van der Waals surface area contributed by atoms with Gasteiger partial charge in [0.05, 0.1) is 11.9 Å². The molecule has 2 rings (SSSR count). The van der Waals surface area contributed by atoms with Crippen LogP contribution < -0.4 is 5.43 Å². The third-order valence-corrected chi connectivity index (χ3v) is 4.28. The number of anilines is 1. The zero-order chi connectivity index (χ0) is 14.6. The summed E-state index contributed by atoms with van der Waals surface area (Å²) in [6.45, 7) is 8.62. The minimum Gasteiger partial charge on any atom is -0.253 e. The third kappa shape index (κ3) is 4.98. The highest BCUT2D eigenvalue weighted by atomic mass is 32.2. The molecule has 0 bridgehead atoms. The molecule has 1 heterocycles. The molecule has 106 valence electrons. The van der Waals surface area contributed by atoms with Gasteiger partial charge in [-0.2, -0.15) is 5.10 Å². The molecule has 0 spiro atoms. The Morgan fingerprint density at radius 3 is 2.50 bits per heavy atom. The van der Waals surface area contributed by atoms with Gasteiger partial charge < -0.3 is 0 Å². The van der Waals surface area contributed by atoms with E-state index >= 15 is 0 Å². The van der Waals surface area contributed by atoms with Gasteiger partial charge in [0.1, 0.15) is 0 Å². The molecule has 0 aliphatic heterocycles. The number of thioether (sulfide) groups is 1. The topological polar surface area (TPSA) is 37.3 Å². The summed E-state index contributed by atoms with van der Waals surface area (Å²) in [7, 11) is 0. The molecule has 0 aliphatic rings. The number of hydrogen-bond donors (Lipinski definition) is 1. The Bertz CT molecular complexity index is 580. The van der Waals surface area contributed by atoms with Gasteiger partial charge >= 0.3 is 0 Å². The molecular formula is C15H19N3S2. The van der Waals surface area contributed by atoms with E-state index in [2.05, 4.69) is 60.5 Å². The quantitative estimate of drug-likeness (QED) is 0.501. The van der Waals surface area contributed by atoms with Crippen molar-refractivity contribution in [3.63, 3.8) is 0 Å². The van der Waals surface area contributed by atoms with Crippen LogP contribution >= 0.6 is 23.1 Å². The summed E-state index contributed by atoms with van der Waals surface area (Å²) in [6.07, 6.45) is 1.81. The molecule has 2 aromatic rings. The first-order valence-corrected chi connectivity index (χ1v) is 8.12. The zero-order valence-electron chi connectivity index (χ0n) is 12.2. The molecule has 0 atom stereocenters. The molecule has 0 saturated carbocycles. The number of nitrogens with zero attached hydrogens (tertiary/aromatic N) is 2. The first-order chi connectivity index (χ1) is 9.42. The second-order valence-corrected chi connectivity index (χ2v) is 8.21. The number of aryl methyl sites for hydroxylation is 1. The summed E-state index contributed by atoms with van der Waals surface area (Å²) in [4.78, 5) is 5.56. The van der Waals surface area contributed by atoms with Crippen molar-refractivity contribution in [1.82, 2.24) is 4.98 Å². The fraction of sp³-hybridized carbons (Fsp3) is 0.333. The normalized spacial score (nSPS) is 12.0. The Hall–Kier alpha value is -1.33. The number of hydrazone groups is 1. The summed E-state index contributed by atoms with van der Waals surface area (Å²) in [5.41, 5.74) is 5.02. The Morgan fingerprint density at radius 2 is 1.95 bits per heavy atom. The predicted octanol–water partition coefficient (Wildman–Crippen LogP) is 4.79. The first kappa shape index (κ1) is 15.1. The highest BCUT2D eigenvalue weighted by molar-refractivity contribution is 8.00. The minimum atomic E-state index is 0.236. The second kappa shape index (κ2) is 6.41. The summed E-state index contributed by atoms with van der Waals surface area (Å²) in [6, 6.07) is 8.41. The zero-order valence-corrected chi connectivity index (χ0v) is 13.8. The Morgan fingerprint density at radius 1 is 1.25 bits per heavy atom. The van der Waals surface area contributed by atoms with Crippen molar-refractivity contribution in [2.75, 3.05) is 5.43 Å². The predicted molar refractivity (Wildman–Crippen MR) is 90.1 cm³/mol. The number of aromatic nitrogens is 1. The fourth-order valence-corrected chi connectivity index (χ4v) is 3.16. The Balaban J connectivity index is 1.93. The number of nitrogens with one attached hydrogen (secondary N) is 1. The van der Waals surface area contributed by atoms with Gasteiger partial charge in [0.15, 0.2) is 0 Å². The molecule has 0 amide bonds. The molecule has 1 N–H and O–H groups in total. The number of thiazole rings is 1. The average molecular weight is 305 g/mol. The maximum atomic E-state index is 4.29. The molecule has 3 nitrogen and oxygen atoms in total. The van der Waals surface area contributed by atoms with E-state index in [1.165, 1.54) is 4.90 Å². The van der Waals surface area contributed by atoms with Crippen molar-refractivity contribution < 1.29 is 0 Å². The van der Waals surface area contributed by atoms with Crippen LogP contribution in [0.2, 0.25) is 0 Å². The lowest BCUT2D eigenvalue weighted by Crippen LogP contribution is -2.06. The molecule has 0 aliphatic carbocycles. The van der Waals surface area contributed by atoms with Crippen LogP contribution in [0.5, 0.6) is 0 Å². The number of hydrogen-bond acceptors (Lipinski definition) is 5. The molecule has 0 fully saturated rings. The smallest absolute Gasteiger partial charge is 0.203 e. The summed E-state index contributed by atoms with van der Waals surface area (Å²) < 4.78 is 0.236. The van der Waals surface area contributed by atoms with Gasteiger partial charge in [-0.1, -0.05) is 32.9 Å². The van der Waals surface area contributed by atoms with Gasteiger partial charge in [0.25, 0.3) is 0 Å². The lowest BCUT2D eigenvalue weighted by atomic mass is 10.2. The van der Waals surface area contributed by atoms with Gasteiger partial charge in [-0.3, -0.25) is 5.43 Å². The van der Waals surface area contributed by atoms with Crippen LogP contribution in [0.1, 0.15) is 32.0 Å². The minimum absolute atomic E-state index is 0.236. The monoisotopic (exact) mass is 305 g/mol. The number of rotatable bonds is 4. The Kier molecular flexibility index (Phi) is 4.83. The van der Waals surface area contributed by atoms with Crippen LogP contribution in [0.3, 0.4) is 0 Å². The molecule has 0 unspecified atom stereocenters. The molecule has 0 radical (unpaired) electrons. The average Bonchev–Trinajstić information content (AvgIpc) is 2.75. The van der Waals surface area contributed by atoms with Gasteiger partial charge in [-0.25, -0.2) is 4.98 Å². The van der Waals surface area contributed by atoms with Crippen LogP contribution in [-0.4, -0.2) is 15.9 Å². The molecule has 0 saturated heterocycles. The fourth-order valence-electron chi connectivity index (χ4n) is 1.54. The highest BCUT2D eigenvalue weighted by Crippen LogP contribution is 2.31. The van der Waals surface area contributed by atoms with E-state index < -0.39 is 0 Å². The summed E-state index contributed by atoms with van der Waals surface area (Å²) in [5.74, 6) is 0. The molecule has 1 aromatic heterocycles. The standard InChI is InChI=1S/C15H19N3S2/c1-11-10-19-14(17-11)18-16-9-12-5-7-13(8-6-12)20-15(2,3)4/h5-10H,1-4H3,(H,17,18).